The molecular weight excluding hydrogens is 447 g/mol. The van der Waals surface area contributed by atoms with Gasteiger partial charge in [-0.1, -0.05) is 18.2 Å². The molecule has 0 fully saturated rings. The minimum Gasteiger partial charge on any atom is -0.494 e. The number of methoxy groups -OCH3 is 1. The number of nitrogens with one attached hydrogen (secondary N) is 2. The van der Waals surface area contributed by atoms with E-state index in [2.05, 4.69) is 26.6 Å². The second-order valence-electron chi connectivity index (χ2n) is 5.97. The predicted octanol–water partition coefficient (Wildman–Crippen LogP) is 3.76. The third kappa shape index (κ3) is 6.24. The first-order chi connectivity index (χ1) is 13.5. The Bertz CT molecular complexity index is 835. The van der Waals surface area contributed by atoms with Crippen molar-refractivity contribution in [1.29, 1.82) is 0 Å². The fourth-order valence-corrected chi connectivity index (χ4v) is 3.45. The number of amides is 2. The molecule has 0 heterocycles. The summed E-state index contributed by atoms with van der Waals surface area (Å²) in [5, 5.41) is 5.55. The Labute approximate surface area is 176 Å². The van der Waals surface area contributed by atoms with Crippen LogP contribution < -0.4 is 15.4 Å². The van der Waals surface area contributed by atoms with Crippen LogP contribution in [0.5, 0.6) is 5.75 Å². The zero-order valence-electron chi connectivity index (χ0n) is 15.6. The molecule has 0 bridgehead atoms. The highest BCUT2D eigenvalue weighted by Crippen LogP contribution is 2.18. The van der Waals surface area contributed by atoms with Gasteiger partial charge in [-0.05, 0) is 64.2 Å². The fraction of sp³-hybridized carbons (Fsp3) is 0.300. The lowest BCUT2D eigenvalue weighted by Crippen LogP contribution is -2.47. The first kappa shape index (κ1) is 22.2. The van der Waals surface area contributed by atoms with Crippen LogP contribution in [0.25, 0.3) is 0 Å². The van der Waals surface area contributed by atoms with E-state index >= 15 is 0 Å². The third-order valence-corrected chi connectivity index (χ3v) is 5.37. The summed E-state index contributed by atoms with van der Waals surface area (Å²) in [5.74, 6) is -0.273. The van der Waals surface area contributed by atoms with Crippen LogP contribution >= 0.6 is 27.7 Å². The molecule has 0 aliphatic rings. The molecule has 8 heteroatoms. The molecule has 1 unspecified atom stereocenters. The number of carbonyl (C=O) groups excluding carboxylic acids is 2. The molecule has 0 spiro atoms. The van der Waals surface area contributed by atoms with Crippen molar-refractivity contribution in [3.05, 3.63) is 63.9 Å². The van der Waals surface area contributed by atoms with E-state index in [-0.39, 0.29) is 24.1 Å². The Morgan fingerprint density at radius 3 is 2.64 bits per heavy atom. The summed E-state index contributed by atoms with van der Waals surface area (Å²) >= 11 is 4.93. The average molecular weight is 469 g/mol. The largest absolute Gasteiger partial charge is 0.494 e. The van der Waals surface area contributed by atoms with Crippen molar-refractivity contribution >= 4 is 39.5 Å². The van der Waals surface area contributed by atoms with Crippen molar-refractivity contribution in [2.75, 3.05) is 19.1 Å². The minimum absolute atomic E-state index is 0.147. The zero-order valence-corrected chi connectivity index (χ0v) is 18.0. The first-order valence-electron chi connectivity index (χ1n) is 8.60. The highest BCUT2D eigenvalue weighted by atomic mass is 79.9. The van der Waals surface area contributed by atoms with E-state index in [1.165, 1.54) is 19.2 Å². The molecule has 0 radical (unpaired) electrons. The first-order valence-corrected chi connectivity index (χ1v) is 10.8. The number of hydrogen-bond acceptors (Lipinski definition) is 4. The molecule has 2 amide bonds. The van der Waals surface area contributed by atoms with E-state index in [1.807, 2.05) is 12.3 Å². The van der Waals surface area contributed by atoms with Gasteiger partial charge >= 0.3 is 0 Å². The molecule has 0 aliphatic carbocycles. The normalized spacial score (nSPS) is 11.6. The monoisotopic (exact) mass is 468 g/mol. The van der Waals surface area contributed by atoms with Crippen LogP contribution in [-0.4, -0.2) is 37.0 Å². The van der Waals surface area contributed by atoms with E-state index in [4.69, 9.17) is 4.74 Å². The van der Waals surface area contributed by atoms with E-state index < -0.39 is 11.9 Å². The number of ether oxygens (including phenoxy) is 1. The van der Waals surface area contributed by atoms with Crippen LogP contribution in [-0.2, 0) is 11.3 Å². The van der Waals surface area contributed by atoms with Crippen LogP contribution in [0.3, 0.4) is 0 Å². The fourth-order valence-electron chi connectivity index (χ4n) is 2.52. The average Bonchev–Trinajstić information content (AvgIpc) is 2.69. The van der Waals surface area contributed by atoms with Gasteiger partial charge in [-0.25, -0.2) is 4.39 Å². The van der Waals surface area contributed by atoms with Crippen molar-refractivity contribution in [2.45, 2.75) is 19.0 Å². The zero-order chi connectivity index (χ0) is 20.5. The van der Waals surface area contributed by atoms with Gasteiger partial charge in [-0.15, -0.1) is 0 Å². The van der Waals surface area contributed by atoms with Gasteiger partial charge in [0, 0.05) is 11.0 Å². The van der Waals surface area contributed by atoms with E-state index in [9.17, 15) is 14.0 Å². The molecular formula is C20H22BrFN2O3S. The standard InChI is InChI=1S/C20H22BrFN2O3S/c1-27-18-8-7-13(11-16(18)22)12-23-20(26)17(9-10-28-2)24-19(25)14-5-3-4-6-15(14)21/h3-8,11,17H,9-10,12H2,1-2H3,(H,23,26)(H,24,25). The SMILES string of the molecule is COc1ccc(CNC(=O)C(CCSC)NC(=O)c2ccccc2Br)cc1F. The number of benzene rings is 2. The Morgan fingerprint density at radius 2 is 2.00 bits per heavy atom. The van der Waals surface area contributed by atoms with E-state index in [0.717, 1.165) is 0 Å². The molecule has 2 aromatic rings. The molecule has 0 saturated carbocycles. The summed E-state index contributed by atoms with van der Waals surface area (Å²) in [4.78, 5) is 25.2. The van der Waals surface area contributed by atoms with Gasteiger partial charge in [0.1, 0.15) is 6.04 Å². The van der Waals surface area contributed by atoms with Crippen molar-refractivity contribution in [1.82, 2.24) is 10.6 Å². The highest BCUT2D eigenvalue weighted by molar-refractivity contribution is 9.10. The topological polar surface area (TPSA) is 67.4 Å². The summed E-state index contributed by atoms with van der Waals surface area (Å²) in [7, 11) is 1.39. The van der Waals surface area contributed by atoms with E-state index in [1.54, 1.807) is 36.0 Å². The summed E-state index contributed by atoms with van der Waals surface area (Å²) in [6.07, 6.45) is 2.42. The molecule has 1 atom stereocenters. The van der Waals surface area contributed by atoms with Gasteiger partial charge < -0.3 is 15.4 Å². The van der Waals surface area contributed by atoms with Gasteiger partial charge in [-0.3, -0.25) is 9.59 Å². The molecule has 2 aromatic carbocycles. The molecule has 2 N–H and O–H groups in total. The van der Waals surface area contributed by atoms with E-state index in [0.29, 0.717) is 27.8 Å². The lowest BCUT2D eigenvalue weighted by molar-refractivity contribution is -0.123. The maximum atomic E-state index is 13.8. The van der Waals surface area contributed by atoms with Gasteiger partial charge in [0.05, 0.1) is 12.7 Å². The number of halogens is 2. The summed E-state index contributed by atoms with van der Waals surface area (Å²) in [6.45, 7) is 0.153. The second-order valence-corrected chi connectivity index (χ2v) is 7.81. The quantitative estimate of drug-likeness (QED) is 0.587. The highest BCUT2D eigenvalue weighted by Gasteiger charge is 2.22. The van der Waals surface area contributed by atoms with Crippen LogP contribution in [0.2, 0.25) is 0 Å². The van der Waals surface area contributed by atoms with Gasteiger partial charge in [0.2, 0.25) is 5.91 Å². The Kier molecular flexibility index (Phi) is 8.79. The summed E-state index contributed by atoms with van der Waals surface area (Å²) in [6, 6.07) is 10.8. The Morgan fingerprint density at radius 1 is 1.25 bits per heavy atom. The van der Waals surface area contributed by atoms with Gasteiger partial charge in [0.15, 0.2) is 11.6 Å². The Balaban J connectivity index is 2.03. The van der Waals surface area contributed by atoms with Crippen molar-refractivity contribution in [2.24, 2.45) is 0 Å². The smallest absolute Gasteiger partial charge is 0.253 e. The van der Waals surface area contributed by atoms with Crippen molar-refractivity contribution < 1.29 is 18.7 Å². The summed E-state index contributed by atoms with van der Waals surface area (Å²) < 4.78 is 19.3. The molecule has 0 saturated heterocycles. The predicted molar refractivity (Wildman–Crippen MR) is 113 cm³/mol. The Hall–Kier alpha value is -2.06. The van der Waals surface area contributed by atoms with Crippen LogP contribution in [0.4, 0.5) is 4.39 Å². The van der Waals surface area contributed by atoms with Gasteiger partial charge in [-0.2, -0.15) is 11.8 Å². The molecule has 2 rings (SSSR count). The van der Waals surface area contributed by atoms with Crippen molar-refractivity contribution in [3.63, 3.8) is 0 Å². The molecule has 5 nitrogen and oxygen atoms in total. The maximum Gasteiger partial charge on any atom is 0.253 e. The lowest BCUT2D eigenvalue weighted by Gasteiger charge is -2.19. The number of hydrogen-bond donors (Lipinski definition) is 2. The van der Waals surface area contributed by atoms with Crippen molar-refractivity contribution in [3.8, 4) is 5.75 Å². The lowest BCUT2D eigenvalue weighted by atomic mass is 10.1. The second kappa shape index (κ2) is 11.1. The minimum atomic E-state index is -0.685. The van der Waals surface area contributed by atoms with Crippen LogP contribution in [0.1, 0.15) is 22.3 Å². The van der Waals surface area contributed by atoms with Gasteiger partial charge in [0.25, 0.3) is 5.91 Å². The number of rotatable bonds is 9. The number of carbonyl (C=O) groups is 2. The van der Waals surface area contributed by atoms with Crippen LogP contribution in [0, 0.1) is 5.82 Å². The molecule has 0 aromatic heterocycles. The number of thioether (sulfide) groups is 1. The third-order valence-electron chi connectivity index (χ3n) is 4.03. The molecule has 28 heavy (non-hydrogen) atoms. The molecule has 150 valence electrons. The van der Waals surface area contributed by atoms with Crippen LogP contribution in [0.15, 0.2) is 46.9 Å². The molecule has 0 aliphatic heterocycles. The summed E-state index contributed by atoms with van der Waals surface area (Å²) in [5.41, 5.74) is 1.06. The maximum absolute atomic E-state index is 13.8.